The first-order chi connectivity index (χ1) is 6.40. The summed E-state index contributed by atoms with van der Waals surface area (Å²) in [4.78, 5) is 0. The van der Waals surface area contributed by atoms with E-state index in [2.05, 4.69) is 0 Å². The second-order valence-corrected chi connectivity index (χ2v) is 3.84. The Morgan fingerprint density at radius 3 is 2.69 bits per heavy atom. The van der Waals surface area contributed by atoms with Gasteiger partial charge in [-0.05, 0) is 30.4 Å². The largest absolute Gasteiger partial charge is 0.467 e. The van der Waals surface area contributed by atoms with E-state index in [1.54, 1.807) is 0 Å². The third-order valence-electron chi connectivity index (χ3n) is 2.91. The average Bonchev–Trinajstić information content (AvgIpc) is 2.67. The van der Waals surface area contributed by atoms with Crippen molar-refractivity contribution in [3.05, 3.63) is 23.7 Å². The van der Waals surface area contributed by atoms with Gasteiger partial charge in [0, 0.05) is 0 Å². The normalized spacial score (nSPS) is 19.2. The van der Waals surface area contributed by atoms with Crippen LogP contribution in [0.4, 0.5) is 0 Å². The van der Waals surface area contributed by atoms with Crippen LogP contribution in [0.5, 0.6) is 0 Å². The van der Waals surface area contributed by atoms with Crippen molar-refractivity contribution in [1.29, 1.82) is 0 Å². The highest BCUT2D eigenvalue weighted by atomic mass is 16.4. The highest BCUT2D eigenvalue weighted by Gasteiger charge is 2.17. The van der Waals surface area contributed by atoms with Gasteiger partial charge in [-0.2, -0.15) is 0 Å². The molecule has 0 unspecified atom stereocenters. The number of aliphatic hydroxyl groups excluding tert-OH is 1. The molecule has 2 rings (SSSR count). The van der Waals surface area contributed by atoms with Crippen molar-refractivity contribution in [3.63, 3.8) is 0 Å². The monoisotopic (exact) mass is 180 g/mol. The van der Waals surface area contributed by atoms with Crippen LogP contribution < -0.4 is 0 Å². The minimum absolute atomic E-state index is 0.0206. The molecule has 2 nitrogen and oxygen atoms in total. The molecule has 1 N–H and O–H groups in total. The summed E-state index contributed by atoms with van der Waals surface area (Å²) in [5.41, 5.74) is 1.28. The van der Waals surface area contributed by atoms with E-state index >= 15 is 0 Å². The predicted molar refractivity (Wildman–Crippen MR) is 50.5 cm³/mol. The zero-order valence-electron chi connectivity index (χ0n) is 7.83. The van der Waals surface area contributed by atoms with Gasteiger partial charge in [0.15, 0.2) is 0 Å². The van der Waals surface area contributed by atoms with E-state index in [1.165, 1.54) is 37.7 Å². The Labute approximate surface area is 78.6 Å². The fraction of sp³-hybridized carbons (Fsp3) is 0.636. The van der Waals surface area contributed by atoms with E-state index in [4.69, 9.17) is 9.52 Å². The molecule has 0 spiro atoms. The molecule has 1 fully saturated rings. The van der Waals surface area contributed by atoms with Crippen LogP contribution in [0, 0.1) is 0 Å². The van der Waals surface area contributed by atoms with Crippen molar-refractivity contribution < 1.29 is 9.52 Å². The molecule has 0 saturated heterocycles. The van der Waals surface area contributed by atoms with Crippen molar-refractivity contribution in [2.75, 3.05) is 0 Å². The molecule has 2 heteroatoms. The van der Waals surface area contributed by atoms with Crippen LogP contribution in [0.15, 0.2) is 16.7 Å². The highest BCUT2D eigenvalue weighted by molar-refractivity contribution is 5.17. The third kappa shape index (κ3) is 1.94. The molecule has 1 aromatic heterocycles. The Morgan fingerprint density at radius 1 is 1.31 bits per heavy atom. The number of aliphatic hydroxyl groups is 1. The van der Waals surface area contributed by atoms with Crippen molar-refractivity contribution in [3.8, 4) is 0 Å². The lowest BCUT2D eigenvalue weighted by molar-refractivity contribution is 0.247. The second kappa shape index (κ2) is 3.97. The number of rotatable bonds is 2. The lowest BCUT2D eigenvalue weighted by atomic mass is 9.85. The SMILES string of the molecule is OCc1cc(C2CCCCC2)co1. The number of hydrogen-bond acceptors (Lipinski definition) is 2. The number of furan rings is 1. The minimum atomic E-state index is 0.0206. The maximum Gasteiger partial charge on any atom is 0.129 e. The lowest BCUT2D eigenvalue weighted by Gasteiger charge is -2.19. The van der Waals surface area contributed by atoms with Gasteiger partial charge < -0.3 is 9.52 Å². The van der Waals surface area contributed by atoms with E-state index in [0.717, 1.165) is 0 Å². The summed E-state index contributed by atoms with van der Waals surface area (Å²) < 4.78 is 5.22. The summed E-state index contributed by atoms with van der Waals surface area (Å²) in [7, 11) is 0. The molecule has 1 aromatic rings. The van der Waals surface area contributed by atoms with Gasteiger partial charge in [-0.1, -0.05) is 19.3 Å². The Morgan fingerprint density at radius 2 is 2.08 bits per heavy atom. The zero-order valence-corrected chi connectivity index (χ0v) is 7.83. The van der Waals surface area contributed by atoms with Crippen molar-refractivity contribution in [2.45, 2.75) is 44.6 Å². The molecular weight excluding hydrogens is 164 g/mol. The van der Waals surface area contributed by atoms with E-state index < -0.39 is 0 Å². The Bertz CT molecular complexity index is 259. The van der Waals surface area contributed by atoms with Crippen LogP contribution in [0.2, 0.25) is 0 Å². The molecular formula is C11H16O2. The maximum absolute atomic E-state index is 8.86. The quantitative estimate of drug-likeness (QED) is 0.759. The van der Waals surface area contributed by atoms with E-state index in [0.29, 0.717) is 11.7 Å². The summed E-state index contributed by atoms with van der Waals surface area (Å²) in [6.07, 6.45) is 8.42. The van der Waals surface area contributed by atoms with Crippen LogP contribution in [-0.2, 0) is 6.61 Å². The Balaban J connectivity index is 2.05. The minimum Gasteiger partial charge on any atom is -0.467 e. The number of hydrogen-bond donors (Lipinski definition) is 1. The molecule has 0 aliphatic heterocycles. The molecule has 1 aliphatic rings. The van der Waals surface area contributed by atoms with Crippen LogP contribution in [0.3, 0.4) is 0 Å². The van der Waals surface area contributed by atoms with E-state index in [-0.39, 0.29) is 6.61 Å². The summed E-state index contributed by atoms with van der Waals surface area (Å²) in [5.74, 6) is 1.37. The van der Waals surface area contributed by atoms with E-state index in [1.807, 2.05) is 12.3 Å². The smallest absolute Gasteiger partial charge is 0.129 e. The first kappa shape index (κ1) is 8.82. The molecule has 0 radical (unpaired) electrons. The van der Waals surface area contributed by atoms with Gasteiger partial charge in [0.2, 0.25) is 0 Å². The van der Waals surface area contributed by atoms with Crippen LogP contribution in [0.1, 0.15) is 49.3 Å². The summed E-state index contributed by atoms with van der Waals surface area (Å²) in [5, 5.41) is 8.86. The Kier molecular flexibility index (Phi) is 2.69. The molecule has 13 heavy (non-hydrogen) atoms. The van der Waals surface area contributed by atoms with Crippen LogP contribution in [-0.4, -0.2) is 5.11 Å². The van der Waals surface area contributed by atoms with Crippen LogP contribution >= 0.6 is 0 Å². The summed E-state index contributed by atoms with van der Waals surface area (Å²) >= 11 is 0. The highest BCUT2D eigenvalue weighted by Crippen LogP contribution is 2.33. The topological polar surface area (TPSA) is 33.4 Å². The molecule has 0 aromatic carbocycles. The van der Waals surface area contributed by atoms with Crippen LogP contribution in [0.25, 0.3) is 0 Å². The molecule has 72 valence electrons. The molecule has 0 bridgehead atoms. The fourth-order valence-electron chi connectivity index (χ4n) is 2.13. The average molecular weight is 180 g/mol. The van der Waals surface area contributed by atoms with Gasteiger partial charge >= 0.3 is 0 Å². The van der Waals surface area contributed by atoms with Gasteiger partial charge in [0.1, 0.15) is 12.4 Å². The molecule has 1 aliphatic carbocycles. The molecule has 0 amide bonds. The Hall–Kier alpha value is -0.760. The first-order valence-corrected chi connectivity index (χ1v) is 5.08. The van der Waals surface area contributed by atoms with Crippen molar-refractivity contribution in [1.82, 2.24) is 0 Å². The van der Waals surface area contributed by atoms with Gasteiger partial charge in [-0.15, -0.1) is 0 Å². The van der Waals surface area contributed by atoms with Gasteiger partial charge in [-0.3, -0.25) is 0 Å². The van der Waals surface area contributed by atoms with E-state index in [9.17, 15) is 0 Å². The lowest BCUT2D eigenvalue weighted by Crippen LogP contribution is -2.02. The zero-order chi connectivity index (χ0) is 9.10. The van der Waals surface area contributed by atoms with Crippen molar-refractivity contribution in [2.24, 2.45) is 0 Å². The second-order valence-electron chi connectivity index (χ2n) is 3.84. The fourth-order valence-corrected chi connectivity index (χ4v) is 2.13. The maximum atomic E-state index is 8.86. The first-order valence-electron chi connectivity index (χ1n) is 5.08. The van der Waals surface area contributed by atoms with Crippen molar-refractivity contribution >= 4 is 0 Å². The van der Waals surface area contributed by atoms with Gasteiger partial charge in [0.25, 0.3) is 0 Å². The predicted octanol–water partition coefficient (Wildman–Crippen LogP) is 2.82. The van der Waals surface area contributed by atoms with Gasteiger partial charge in [0.05, 0.1) is 6.26 Å². The molecule has 0 atom stereocenters. The molecule has 1 saturated carbocycles. The summed E-state index contributed by atoms with van der Waals surface area (Å²) in [6, 6.07) is 2.00. The standard InChI is InChI=1S/C11H16O2/c12-7-11-6-10(8-13-11)9-4-2-1-3-5-9/h6,8-9,12H,1-5,7H2. The third-order valence-corrected chi connectivity index (χ3v) is 2.91. The summed E-state index contributed by atoms with van der Waals surface area (Å²) in [6.45, 7) is 0.0206. The molecule has 1 heterocycles. The van der Waals surface area contributed by atoms with Gasteiger partial charge in [-0.25, -0.2) is 0 Å².